The number of piperidine rings is 1. The van der Waals surface area contributed by atoms with Crippen molar-refractivity contribution >= 4 is 29.2 Å². The molecule has 4 rings (SSSR count). The van der Waals surface area contributed by atoms with Gasteiger partial charge in [-0.3, -0.25) is 10.2 Å². The van der Waals surface area contributed by atoms with E-state index in [1.54, 1.807) is 12.1 Å². The molecule has 178 valence electrons. The molecular formula is C29H31N5O. The maximum atomic E-state index is 12.7. The standard InChI is InChI=1S/C29H31N5O/c1-23-15-18-26(19-16-23)30-32-28(34-21-9-4-10-22-34)27(20-17-24-11-5-2-6-12-24)31-33-29(35)25-13-7-3-8-14-25/h2-3,5-8,11-20,30H,4,9-10,21-22H2,1H3,(H,33,35)/b20-17+,31-27-,32-28+. The van der Waals surface area contributed by atoms with E-state index in [2.05, 4.69) is 27.8 Å². The number of hydrogen-bond donors (Lipinski definition) is 2. The van der Waals surface area contributed by atoms with Crippen LogP contribution in [-0.4, -0.2) is 35.4 Å². The van der Waals surface area contributed by atoms with Crippen LogP contribution in [-0.2, 0) is 0 Å². The summed E-state index contributed by atoms with van der Waals surface area (Å²) in [5, 5.41) is 9.30. The predicted octanol–water partition coefficient (Wildman–Crippen LogP) is 5.71. The Morgan fingerprint density at radius 2 is 1.49 bits per heavy atom. The van der Waals surface area contributed by atoms with E-state index in [4.69, 9.17) is 5.10 Å². The number of anilines is 1. The molecule has 0 aromatic heterocycles. The van der Waals surface area contributed by atoms with E-state index in [9.17, 15) is 4.79 Å². The normalized spacial score (nSPS) is 14.7. The van der Waals surface area contributed by atoms with Crippen LogP contribution in [0.15, 0.2) is 101 Å². The molecule has 6 heteroatoms. The van der Waals surface area contributed by atoms with Crippen LogP contribution >= 0.6 is 0 Å². The van der Waals surface area contributed by atoms with Gasteiger partial charge >= 0.3 is 0 Å². The number of benzene rings is 3. The lowest BCUT2D eigenvalue weighted by molar-refractivity contribution is 0.0955. The van der Waals surface area contributed by atoms with Crippen LogP contribution in [0.25, 0.3) is 6.08 Å². The van der Waals surface area contributed by atoms with E-state index in [0.29, 0.717) is 17.1 Å². The zero-order valence-corrected chi connectivity index (χ0v) is 20.0. The number of carbonyl (C=O) groups excluding carboxylic acids is 1. The van der Waals surface area contributed by atoms with Gasteiger partial charge < -0.3 is 4.90 Å². The smallest absolute Gasteiger partial charge is 0.271 e. The van der Waals surface area contributed by atoms with E-state index in [1.807, 2.05) is 84.9 Å². The number of hydrogen-bond acceptors (Lipinski definition) is 4. The van der Waals surface area contributed by atoms with Crippen LogP contribution in [0.5, 0.6) is 0 Å². The van der Waals surface area contributed by atoms with Gasteiger partial charge in [-0.05, 0) is 62.1 Å². The lowest BCUT2D eigenvalue weighted by Gasteiger charge is -2.29. The van der Waals surface area contributed by atoms with Crippen LogP contribution < -0.4 is 10.9 Å². The largest absolute Gasteiger partial charge is 0.353 e. The number of carbonyl (C=O) groups is 1. The molecule has 3 aromatic carbocycles. The first-order valence-electron chi connectivity index (χ1n) is 12.0. The predicted molar refractivity (Wildman–Crippen MR) is 144 cm³/mol. The number of aryl methyl sites for hydroxylation is 1. The summed E-state index contributed by atoms with van der Waals surface area (Å²) in [6.07, 6.45) is 7.28. The molecule has 0 aliphatic carbocycles. The van der Waals surface area contributed by atoms with E-state index in [-0.39, 0.29) is 5.91 Å². The SMILES string of the molecule is Cc1ccc(N\N=C(C(/C=C/c2ccccc2)=N\NC(=O)c2ccccc2)\N2CCCCC2)cc1. The van der Waals surface area contributed by atoms with Crippen molar-refractivity contribution in [1.82, 2.24) is 10.3 Å². The molecular weight excluding hydrogens is 434 g/mol. The fourth-order valence-electron chi connectivity index (χ4n) is 3.81. The molecule has 0 saturated carbocycles. The van der Waals surface area contributed by atoms with Crippen molar-refractivity contribution in [2.75, 3.05) is 18.5 Å². The highest BCUT2D eigenvalue weighted by molar-refractivity contribution is 6.46. The number of amides is 1. The molecule has 1 heterocycles. The maximum Gasteiger partial charge on any atom is 0.271 e. The third-order valence-corrected chi connectivity index (χ3v) is 5.77. The lowest BCUT2D eigenvalue weighted by Crippen LogP contribution is -2.41. The van der Waals surface area contributed by atoms with E-state index >= 15 is 0 Å². The Morgan fingerprint density at radius 1 is 0.829 bits per heavy atom. The molecule has 1 fully saturated rings. The molecule has 1 saturated heterocycles. The minimum atomic E-state index is -0.263. The second-order valence-electron chi connectivity index (χ2n) is 8.51. The second kappa shape index (κ2) is 12.3. The summed E-state index contributed by atoms with van der Waals surface area (Å²) in [6.45, 7) is 3.83. The van der Waals surface area contributed by atoms with Crippen LogP contribution in [0.2, 0.25) is 0 Å². The zero-order chi connectivity index (χ0) is 24.3. The molecule has 35 heavy (non-hydrogen) atoms. The Bertz CT molecular complexity index is 1180. The fourth-order valence-corrected chi connectivity index (χ4v) is 3.81. The van der Waals surface area contributed by atoms with Crippen molar-refractivity contribution in [1.29, 1.82) is 0 Å². The molecule has 6 nitrogen and oxygen atoms in total. The van der Waals surface area contributed by atoms with Gasteiger partial charge in [0.2, 0.25) is 0 Å². The van der Waals surface area contributed by atoms with Crippen LogP contribution in [0.3, 0.4) is 0 Å². The molecule has 0 bridgehead atoms. The molecule has 1 amide bonds. The number of likely N-dealkylation sites (tertiary alicyclic amines) is 1. The van der Waals surface area contributed by atoms with Crippen molar-refractivity contribution in [3.63, 3.8) is 0 Å². The molecule has 1 aliphatic heterocycles. The molecule has 0 unspecified atom stereocenters. The van der Waals surface area contributed by atoms with Crippen LogP contribution in [0.1, 0.15) is 40.7 Å². The van der Waals surface area contributed by atoms with Gasteiger partial charge in [0.15, 0.2) is 5.84 Å². The van der Waals surface area contributed by atoms with Gasteiger partial charge in [0.1, 0.15) is 5.71 Å². The summed E-state index contributed by atoms with van der Waals surface area (Å²) < 4.78 is 0. The minimum absolute atomic E-state index is 0.263. The summed E-state index contributed by atoms with van der Waals surface area (Å²) in [6, 6.07) is 27.2. The van der Waals surface area contributed by atoms with Gasteiger partial charge in [0, 0.05) is 18.7 Å². The zero-order valence-electron chi connectivity index (χ0n) is 20.0. The second-order valence-corrected chi connectivity index (χ2v) is 8.51. The number of hydrazone groups is 2. The molecule has 0 spiro atoms. The first-order chi connectivity index (χ1) is 17.2. The summed E-state index contributed by atoms with van der Waals surface area (Å²) >= 11 is 0. The van der Waals surface area contributed by atoms with E-state index in [0.717, 1.165) is 37.2 Å². The summed E-state index contributed by atoms with van der Waals surface area (Å²) in [5.41, 5.74) is 10.2. The first kappa shape index (κ1) is 24.0. The van der Waals surface area contributed by atoms with E-state index < -0.39 is 0 Å². The van der Waals surface area contributed by atoms with Crippen LogP contribution in [0.4, 0.5) is 5.69 Å². The quantitative estimate of drug-likeness (QED) is 0.267. The van der Waals surface area contributed by atoms with Gasteiger partial charge in [-0.15, -0.1) is 0 Å². The van der Waals surface area contributed by atoms with Crippen molar-refractivity contribution in [3.05, 3.63) is 108 Å². The van der Waals surface area contributed by atoms with Gasteiger partial charge in [-0.1, -0.05) is 72.3 Å². The van der Waals surface area contributed by atoms with Gasteiger partial charge in [-0.2, -0.15) is 10.2 Å². The topological polar surface area (TPSA) is 69.1 Å². The van der Waals surface area contributed by atoms with Crippen molar-refractivity contribution in [2.45, 2.75) is 26.2 Å². The summed E-state index contributed by atoms with van der Waals surface area (Å²) in [7, 11) is 0. The number of amidine groups is 1. The van der Waals surface area contributed by atoms with Gasteiger partial charge in [0.25, 0.3) is 5.91 Å². The third-order valence-electron chi connectivity index (χ3n) is 5.77. The average molecular weight is 466 g/mol. The molecule has 1 aliphatic rings. The fraction of sp³-hybridized carbons (Fsp3) is 0.207. The lowest BCUT2D eigenvalue weighted by atomic mass is 10.1. The van der Waals surface area contributed by atoms with E-state index in [1.165, 1.54) is 12.0 Å². The molecule has 0 radical (unpaired) electrons. The average Bonchev–Trinajstić information content (AvgIpc) is 2.92. The highest BCUT2D eigenvalue weighted by Gasteiger charge is 2.19. The molecule has 3 aromatic rings. The third kappa shape index (κ3) is 7.14. The highest BCUT2D eigenvalue weighted by atomic mass is 16.2. The van der Waals surface area contributed by atoms with Gasteiger partial charge in [-0.25, -0.2) is 5.43 Å². The summed E-state index contributed by atoms with van der Waals surface area (Å²) in [5.74, 6) is 0.437. The van der Waals surface area contributed by atoms with Crippen molar-refractivity contribution in [2.24, 2.45) is 10.2 Å². The Balaban J connectivity index is 1.67. The number of nitrogens with one attached hydrogen (secondary N) is 2. The first-order valence-corrected chi connectivity index (χ1v) is 12.0. The molecule has 2 N–H and O–H groups in total. The Morgan fingerprint density at radius 3 is 2.17 bits per heavy atom. The van der Waals surface area contributed by atoms with Crippen molar-refractivity contribution < 1.29 is 4.79 Å². The number of nitrogens with zero attached hydrogens (tertiary/aromatic N) is 3. The Labute approximate surface area is 207 Å². The maximum absolute atomic E-state index is 12.7. The Hall–Kier alpha value is -4.19. The minimum Gasteiger partial charge on any atom is -0.353 e. The summed E-state index contributed by atoms with van der Waals surface area (Å²) in [4.78, 5) is 15.0. The Kier molecular flexibility index (Phi) is 8.43. The monoisotopic (exact) mass is 465 g/mol. The molecule has 0 atom stereocenters. The van der Waals surface area contributed by atoms with Gasteiger partial charge in [0.05, 0.1) is 5.69 Å². The number of rotatable bonds is 7. The van der Waals surface area contributed by atoms with Crippen molar-refractivity contribution in [3.8, 4) is 0 Å². The highest BCUT2D eigenvalue weighted by Crippen LogP contribution is 2.14. The van der Waals surface area contributed by atoms with Crippen LogP contribution in [0, 0.1) is 6.92 Å².